The van der Waals surface area contributed by atoms with Gasteiger partial charge in [0.1, 0.15) is 0 Å². The zero-order valence-corrected chi connectivity index (χ0v) is 8.93. The van der Waals surface area contributed by atoms with E-state index in [1.165, 1.54) is 0 Å². The number of ether oxygens (including phenoxy) is 1. The van der Waals surface area contributed by atoms with Crippen molar-refractivity contribution in [1.82, 2.24) is 4.57 Å². The second kappa shape index (κ2) is 5.44. The van der Waals surface area contributed by atoms with Crippen LogP contribution in [0.1, 0.15) is 12.6 Å². The van der Waals surface area contributed by atoms with Crippen LogP contribution in [0.3, 0.4) is 0 Å². The first-order chi connectivity index (χ1) is 6.16. The van der Waals surface area contributed by atoms with Gasteiger partial charge in [-0.1, -0.05) is 0 Å². The smallest absolute Gasteiger partial charge is 0.358 e. The predicted molar refractivity (Wildman–Crippen MR) is 56.1 cm³/mol. The maximum absolute atomic E-state index is 11.1. The predicted octanol–water partition coefficient (Wildman–Crippen LogP) is 1.38. The summed E-state index contributed by atoms with van der Waals surface area (Å²) in [6.07, 6.45) is 1.78. The van der Waals surface area contributed by atoms with E-state index in [2.05, 4.69) is 0 Å². The number of nitrogens with one attached hydrogen (secondary N) is 1. The van der Waals surface area contributed by atoms with Crippen LogP contribution in [0.2, 0.25) is 0 Å². The highest BCUT2D eigenvalue weighted by Crippen LogP contribution is 2.01. The van der Waals surface area contributed by atoms with Gasteiger partial charge in [0, 0.05) is 13.2 Å². The third-order valence-electron chi connectivity index (χ3n) is 1.68. The van der Waals surface area contributed by atoms with E-state index >= 15 is 0 Å². The monoisotopic (exact) mass is 216 g/mol. The van der Waals surface area contributed by atoms with Gasteiger partial charge in [-0.3, -0.25) is 5.41 Å². The molecule has 5 heteroatoms. The number of hydrogen-bond donors (Lipinski definition) is 1. The number of esters is 1. The lowest BCUT2D eigenvalue weighted by Crippen LogP contribution is -2.19. The molecular weight excluding hydrogens is 204 g/mol. The number of aromatic nitrogens is 1. The average Bonchev–Trinajstić information content (AvgIpc) is 2.50. The van der Waals surface area contributed by atoms with E-state index in [0.717, 1.165) is 0 Å². The minimum atomic E-state index is -0.579. The molecule has 0 amide bonds. The Bertz CT molecular complexity index is 333. The molecule has 1 heterocycles. The van der Waals surface area contributed by atoms with E-state index < -0.39 is 5.97 Å². The molecule has 0 unspecified atom stereocenters. The summed E-state index contributed by atoms with van der Waals surface area (Å²) in [6.45, 7) is 2.02. The van der Waals surface area contributed by atoms with Crippen LogP contribution in [0, 0.1) is 5.41 Å². The molecular formula is C9H13ClN2O2. The summed E-state index contributed by atoms with van der Waals surface area (Å²) >= 11 is 0. The van der Waals surface area contributed by atoms with Crippen LogP contribution in [-0.2, 0) is 16.6 Å². The Morgan fingerprint density at radius 2 is 2.29 bits per heavy atom. The standard InChI is InChI=1S/C9H12N2O2.ClH/c1-3-13-9(12)8(10)7-5-4-6-11(7)2;/h4-6,10H,3H2,1-2H3;1H. The van der Waals surface area contributed by atoms with E-state index in [-0.39, 0.29) is 18.1 Å². The maximum Gasteiger partial charge on any atom is 0.358 e. The van der Waals surface area contributed by atoms with Gasteiger partial charge >= 0.3 is 5.97 Å². The van der Waals surface area contributed by atoms with Crippen LogP contribution in [-0.4, -0.2) is 22.9 Å². The summed E-state index contributed by atoms with van der Waals surface area (Å²) in [5.41, 5.74) is 0.466. The summed E-state index contributed by atoms with van der Waals surface area (Å²) in [5, 5.41) is 7.50. The molecule has 78 valence electrons. The molecule has 14 heavy (non-hydrogen) atoms. The van der Waals surface area contributed by atoms with Crippen molar-refractivity contribution in [2.24, 2.45) is 7.05 Å². The quantitative estimate of drug-likeness (QED) is 0.613. The van der Waals surface area contributed by atoms with Crippen molar-refractivity contribution in [3.05, 3.63) is 24.0 Å². The van der Waals surface area contributed by atoms with Crippen molar-refractivity contribution in [2.45, 2.75) is 6.92 Å². The summed E-state index contributed by atoms with van der Waals surface area (Å²) < 4.78 is 6.41. The maximum atomic E-state index is 11.1. The number of aryl methyl sites for hydroxylation is 1. The van der Waals surface area contributed by atoms with Crippen LogP contribution in [0.5, 0.6) is 0 Å². The fourth-order valence-corrected chi connectivity index (χ4v) is 1.03. The van der Waals surface area contributed by atoms with Crippen LogP contribution in [0.4, 0.5) is 0 Å². The van der Waals surface area contributed by atoms with Crippen molar-refractivity contribution in [3.8, 4) is 0 Å². The summed E-state index contributed by atoms with van der Waals surface area (Å²) in [7, 11) is 1.78. The van der Waals surface area contributed by atoms with Crippen LogP contribution >= 0.6 is 12.4 Å². The van der Waals surface area contributed by atoms with Gasteiger partial charge in [-0.05, 0) is 19.1 Å². The average molecular weight is 217 g/mol. The highest BCUT2D eigenvalue weighted by Gasteiger charge is 2.14. The Labute approximate surface area is 88.8 Å². The van der Waals surface area contributed by atoms with Gasteiger partial charge in [0.15, 0.2) is 5.71 Å². The zero-order chi connectivity index (χ0) is 9.84. The van der Waals surface area contributed by atoms with Gasteiger partial charge < -0.3 is 9.30 Å². The SMILES string of the molecule is CCOC(=O)C(=N)c1cccn1C.Cl. The number of carbonyl (C=O) groups excluding carboxylic acids is 1. The molecule has 0 aliphatic rings. The topological polar surface area (TPSA) is 55.1 Å². The lowest BCUT2D eigenvalue weighted by atomic mass is 10.3. The number of rotatable bonds is 3. The number of nitrogens with zero attached hydrogens (tertiary/aromatic N) is 1. The second-order valence-electron chi connectivity index (χ2n) is 2.60. The van der Waals surface area contributed by atoms with Gasteiger partial charge in [0.2, 0.25) is 0 Å². The number of hydrogen-bond acceptors (Lipinski definition) is 3. The van der Waals surface area contributed by atoms with Gasteiger partial charge in [0.25, 0.3) is 0 Å². The van der Waals surface area contributed by atoms with E-state index in [1.807, 2.05) is 0 Å². The van der Waals surface area contributed by atoms with Crippen molar-refractivity contribution in [3.63, 3.8) is 0 Å². The number of halogens is 1. The van der Waals surface area contributed by atoms with Crippen LogP contribution in [0.25, 0.3) is 0 Å². The molecule has 0 bridgehead atoms. The second-order valence-corrected chi connectivity index (χ2v) is 2.60. The molecule has 0 aromatic carbocycles. The fraction of sp³-hybridized carbons (Fsp3) is 0.333. The molecule has 0 aliphatic heterocycles. The normalized spacial score (nSPS) is 9.00. The minimum absolute atomic E-state index is 0. The highest BCUT2D eigenvalue weighted by atomic mass is 35.5. The van der Waals surface area contributed by atoms with Gasteiger partial charge in [0.05, 0.1) is 12.3 Å². The molecule has 0 radical (unpaired) electrons. The van der Waals surface area contributed by atoms with Crippen molar-refractivity contribution >= 4 is 24.1 Å². The molecule has 0 spiro atoms. The molecule has 0 atom stereocenters. The Balaban J connectivity index is 0.00000169. The molecule has 0 saturated heterocycles. The van der Waals surface area contributed by atoms with E-state index in [4.69, 9.17) is 10.1 Å². The Morgan fingerprint density at radius 1 is 1.64 bits per heavy atom. The van der Waals surface area contributed by atoms with E-state index in [0.29, 0.717) is 12.3 Å². The number of carbonyl (C=O) groups is 1. The molecule has 1 rings (SSSR count). The van der Waals surface area contributed by atoms with Crippen molar-refractivity contribution < 1.29 is 9.53 Å². The molecule has 0 fully saturated rings. The van der Waals surface area contributed by atoms with Crippen molar-refractivity contribution in [1.29, 1.82) is 5.41 Å². The highest BCUT2D eigenvalue weighted by molar-refractivity contribution is 6.41. The summed E-state index contributed by atoms with van der Waals surface area (Å²) in [5.74, 6) is -0.579. The van der Waals surface area contributed by atoms with E-state index in [9.17, 15) is 4.79 Å². The van der Waals surface area contributed by atoms with Crippen LogP contribution < -0.4 is 0 Å². The van der Waals surface area contributed by atoms with Gasteiger partial charge in [-0.2, -0.15) is 0 Å². The van der Waals surface area contributed by atoms with Gasteiger partial charge in [-0.25, -0.2) is 4.79 Å². The first kappa shape index (κ1) is 12.7. The molecule has 1 N–H and O–H groups in total. The minimum Gasteiger partial charge on any atom is -0.461 e. The molecule has 4 nitrogen and oxygen atoms in total. The Hall–Kier alpha value is -1.29. The lowest BCUT2D eigenvalue weighted by Gasteiger charge is -2.04. The largest absolute Gasteiger partial charge is 0.461 e. The lowest BCUT2D eigenvalue weighted by molar-refractivity contribution is -0.135. The van der Waals surface area contributed by atoms with E-state index in [1.54, 1.807) is 36.9 Å². The Kier molecular flexibility index (Phi) is 4.94. The molecule has 1 aromatic heterocycles. The third kappa shape index (κ3) is 2.60. The fourth-order valence-electron chi connectivity index (χ4n) is 1.03. The third-order valence-corrected chi connectivity index (χ3v) is 1.68. The first-order valence-corrected chi connectivity index (χ1v) is 4.04. The zero-order valence-electron chi connectivity index (χ0n) is 8.11. The van der Waals surface area contributed by atoms with Crippen LogP contribution in [0.15, 0.2) is 18.3 Å². The first-order valence-electron chi connectivity index (χ1n) is 4.04. The summed E-state index contributed by atoms with van der Waals surface area (Å²) in [6, 6.07) is 3.49. The molecule has 0 aliphatic carbocycles. The van der Waals surface area contributed by atoms with Crippen molar-refractivity contribution in [2.75, 3.05) is 6.61 Å². The van der Waals surface area contributed by atoms with Gasteiger partial charge in [-0.15, -0.1) is 12.4 Å². The summed E-state index contributed by atoms with van der Waals surface area (Å²) in [4.78, 5) is 11.1. The molecule has 0 saturated carbocycles. The Morgan fingerprint density at radius 3 is 2.71 bits per heavy atom. The molecule has 1 aromatic rings.